The van der Waals surface area contributed by atoms with Gasteiger partial charge in [0.15, 0.2) is 6.29 Å². The van der Waals surface area contributed by atoms with Gasteiger partial charge in [0.25, 0.3) is 0 Å². The molecule has 0 saturated carbocycles. The summed E-state index contributed by atoms with van der Waals surface area (Å²) in [5.41, 5.74) is 7.25. The highest BCUT2D eigenvalue weighted by atomic mass is 32.2. The van der Waals surface area contributed by atoms with Gasteiger partial charge in [-0.2, -0.15) is 4.72 Å². The largest absolute Gasteiger partial charge is 0.478 e. The van der Waals surface area contributed by atoms with E-state index in [2.05, 4.69) is 17.0 Å². The highest BCUT2D eigenvalue weighted by molar-refractivity contribution is 7.99. The number of benzene rings is 6. The minimum atomic E-state index is -3.98. The molecule has 0 aromatic heterocycles. The van der Waals surface area contributed by atoms with E-state index in [-0.39, 0.29) is 48.2 Å². The molecule has 314 valence electrons. The molecule has 10 nitrogen and oxygen atoms in total. The first kappa shape index (κ1) is 43.5. The standard InChI is InChI=1S/C49H48N2O8S2/c1-32-15-25-41(26-16-32)61(56,57)51-43(28-34-9-4-3-5-10-34)47(53)50-29-36-11-8-12-40(27-36)37-21-23-39(24-22-37)49-58-44(31-60-45-14-7-6-13-42(45)48(54)55)33(2)46(59-49)38-19-17-35(30-52)18-20-38/h3-27,33,43-44,46,49,51-52H,28-31H2,1-2H3,(H,50,53)(H,54,55)/t33-,43-,44+,46+,49+/m1/s1. The summed E-state index contributed by atoms with van der Waals surface area (Å²) in [5, 5.41) is 22.4. The maximum atomic E-state index is 13.7. The Balaban J connectivity index is 1.06. The van der Waals surface area contributed by atoms with Crippen LogP contribution in [0.5, 0.6) is 0 Å². The van der Waals surface area contributed by atoms with E-state index in [1.807, 2.05) is 122 Å². The molecule has 4 N–H and O–H groups in total. The van der Waals surface area contributed by atoms with Gasteiger partial charge in [-0.25, -0.2) is 13.2 Å². The first-order chi connectivity index (χ1) is 29.5. The molecule has 0 spiro atoms. The summed E-state index contributed by atoms with van der Waals surface area (Å²) in [4.78, 5) is 26.3. The SMILES string of the molecule is Cc1ccc(S(=O)(=O)N[C@H](Cc2ccccc2)C(=O)NCc2cccc(-c3ccc([C@H]4O[C@@H](CSc5ccccc5C(=O)O)[C@@H](C)[C@@H](c5ccc(CO)cc5)O4)cc3)c2)cc1. The zero-order valence-electron chi connectivity index (χ0n) is 33.8. The van der Waals surface area contributed by atoms with Crippen LogP contribution in [-0.4, -0.2) is 48.4 Å². The van der Waals surface area contributed by atoms with Gasteiger partial charge in [0.2, 0.25) is 15.9 Å². The molecular weight excluding hydrogens is 809 g/mol. The van der Waals surface area contributed by atoms with Gasteiger partial charge < -0.3 is 25.0 Å². The predicted octanol–water partition coefficient (Wildman–Crippen LogP) is 8.64. The Labute approximate surface area is 361 Å². The molecule has 1 aliphatic heterocycles. The van der Waals surface area contributed by atoms with Crippen LogP contribution in [-0.2, 0) is 43.9 Å². The van der Waals surface area contributed by atoms with E-state index in [9.17, 15) is 28.2 Å². The van der Waals surface area contributed by atoms with Crippen molar-refractivity contribution in [3.8, 4) is 11.1 Å². The van der Waals surface area contributed by atoms with Crippen molar-refractivity contribution in [3.63, 3.8) is 0 Å². The average molecular weight is 857 g/mol. The van der Waals surface area contributed by atoms with E-state index < -0.39 is 34.2 Å². The topological polar surface area (TPSA) is 151 Å². The van der Waals surface area contributed by atoms with Gasteiger partial charge in [0.1, 0.15) is 6.04 Å². The number of hydrogen-bond donors (Lipinski definition) is 4. The summed E-state index contributed by atoms with van der Waals surface area (Å²) in [5.74, 6) is -0.998. The Hall–Kier alpha value is -5.60. The lowest BCUT2D eigenvalue weighted by Gasteiger charge is -2.41. The Bertz CT molecular complexity index is 2530. The van der Waals surface area contributed by atoms with Crippen LogP contribution >= 0.6 is 11.8 Å². The molecule has 5 atom stereocenters. The van der Waals surface area contributed by atoms with Gasteiger partial charge in [0, 0.05) is 28.7 Å². The summed E-state index contributed by atoms with van der Waals surface area (Å²) in [7, 11) is -3.98. The number of carboxylic acid groups (broad SMARTS) is 1. The van der Waals surface area contributed by atoms with Crippen molar-refractivity contribution < 1.29 is 37.7 Å². The molecule has 7 rings (SSSR count). The van der Waals surface area contributed by atoms with Crippen LogP contribution in [0.2, 0.25) is 0 Å². The van der Waals surface area contributed by atoms with Crippen LogP contribution in [0.25, 0.3) is 11.1 Å². The Kier molecular flexibility index (Phi) is 14.2. The van der Waals surface area contributed by atoms with E-state index in [4.69, 9.17) is 9.47 Å². The first-order valence-electron chi connectivity index (χ1n) is 20.0. The number of thioether (sulfide) groups is 1. The van der Waals surface area contributed by atoms with Crippen LogP contribution in [0.4, 0.5) is 0 Å². The second kappa shape index (κ2) is 19.9. The summed E-state index contributed by atoms with van der Waals surface area (Å²) < 4.78 is 42.6. The van der Waals surface area contributed by atoms with Crippen molar-refractivity contribution in [2.45, 2.75) is 67.8 Å². The van der Waals surface area contributed by atoms with Crippen LogP contribution in [0.3, 0.4) is 0 Å². The average Bonchev–Trinajstić information content (AvgIpc) is 3.28. The number of nitrogens with one attached hydrogen (secondary N) is 2. The lowest BCUT2D eigenvalue weighted by Crippen LogP contribution is -2.47. The number of aliphatic hydroxyl groups excluding tert-OH is 1. The number of carboxylic acids is 1. The number of ether oxygens (including phenoxy) is 2. The third-order valence-electron chi connectivity index (χ3n) is 10.8. The van der Waals surface area contributed by atoms with Crippen molar-refractivity contribution >= 4 is 33.7 Å². The zero-order valence-corrected chi connectivity index (χ0v) is 35.4. The molecule has 6 aromatic carbocycles. The maximum Gasteiger partial charge on any atom is 0.336 e. The van der Waals surface area contributed by atoms with Crippen molar-refractivity contribution in [1.82, 2.24) is 10.0 Å². The third kappa shape index (κ3) is 11.0. The maximum absolute atomic E-state index is 13.7. The second-order valence-corrected chi connectivity index (χ2v) is 17.9. The third-order valence-corrected chi connectivity index (χ3v) is 13.4. The molecule has 1 fully saturated rings. The lowest BCUT2D eigenvalue weighted by atomic mass is 9.91. The fraction of sp³-hybridized carbons (Fsp3) is 0.224. The Morgan fingerprint density at radius 3 is 2.11 bits per heavy atom. The lowest BCUT2D eigenvalue weighted by molar-refractivity contribution is -0.268. The predicted molar refractivity (Wildman–Crippen MR) is 236 cm³/mol. The highest BCUT2D eigenvalue weighted by Crippen LogP contribution is 2.43. The van der Waals surface area contributed by atoms with E-state index in [0.717, 1.165) is 44.5 Å². The number of hydrogen-bond acceptors (Lipinski definition) is 8. The fourth-order valence-electron chi connectivity index (χ4n) is 7.27. The van der Waals surface area contributed by atoms with Gasteiger partial charge >= 0.3 is 5.97 Å². The van der Waals surface area contributed by atoms with E-state index in [0.29, 0.717) is 10.6 Å². The second-order valence-electron chi connectivity index (χ2n) is 15.2. The molecular formula is C49H48N2O8S2. The van der Waals surface area contributed by atoms with Crippen LogP contribution in [0.1, 0.15) is 63.1 Å². The molecule has 1 aliphatic rings. The summed E-state index contributed by atoms with van der Waals surface area (Å²) in [6, 6.07) is 45.1. The van der Waals surface area contributed by atoms with Gasteiger partial charge in [-0.3, -0.25) is 4.79 Å². The molecule has 6 aromatic rings. The van der Waals surface area contributed by atoms with Gasteiger partial charge in [0.05, 0.1) is 29.3 Å². The van der Waals surface area contributed by atoms with Gasteiger partial charge in [-0.15, -0.1) is 11.8 Å². The van der Waals surface area contributed by atoms with E-state index in [1.165, 1.54) is 23.9 Å². The van der Waals surface area contributed by atoms with Crippen LogP contribution < -0.4 is 10.0 Å². The zero-order chi connectivity index (χ0) is 42.9. The Morgan fingerprint density at radius 1 is 0.738 bits per heavy atom. The minimum Gasteiger partial charge on any atom is -0.478 e. The molecule has 0 aliphatic carbocycles. The highest BCUT2D eigenvalue weighted by Gasteiger charge is 2.38. The van der Waals surface area contributed by atoms with E-state index in [1.54, 1.807) is 24.3 Å². The summed E-state index contributed by atoms with van der Waals surface area (Å²) >= 11 is 1.45. The summed E-state index contributed by atoms with van der Waals surface area (Å²) in [6.45, 7) is 4.07. The van der Waals surface area contributed by atoms with Crippen LogP contribution in [0.15, 0.2) is 161 Å². The normalized spacial score (nSPS) is 18.3. The molecule has 0 unspecified atom stereocenters. The number of sulfonamides is 1. The fourth-order valence-corrected chi connectivity index (χ4v) is 9.67. The molecule has 0 radical (unpaired) electrons. The molecule has 61 heavy (non-hydrogen) atoms. The Morgan fingerprint density at radius 2 is 1.41 bits per heavy atom. The minimum absolute atomic E-state index is 0.0622. The molecule has 1 heterocycles. The number of carbonyl (C=O) groups is 2. The number of aryl methyl sites for hydroxylation is 1. The van der Waals surface area contributed by atoms with Crippen molar-refractivity contribution in [1.29, 1.82) is 0 Å². The number of aromatic carboxylic acids is 1. The van der Waals surface area contributed by atoms with E-state index >= 15 is 0 Å². The van der Waals surface area contributed by atoms with Crippen molar-refractivity contribution in [3.05, 3.63) is 191 Å². The van der Waals surface area contributed by atoms with Gasteiger partial charge in [-0.1, -0.05) is 134 Å². The molecule has 12 heteroatoms. The summed E-state index contributed by atoms with van der Waals surface area (Å²) in [6.07, 6.45) is -1.15. The monoisotopic (exact) mass is 856 g/mol. The number of amides is 1. The smallest absolute Gasteiger partial charge is 0.336 e. The molecule has 1 saturated heterocycles. The van der Waals surface area contributed by atoms with Crippen LogP contribution in [0, 0.1) is 12.8 Å². The van der Waals surface area contributed by atoms with Gasteiger partial charge in [-0.05, 0) is 77.1 Å². The van der Waals surface area contributed by atoms with Crippen molar-refractivity contribution in [2.75, 3.05) is 5.75 Å². The quantitative estimate of drug-likeness (QED) is 0.0702. The number of rotatable bonds is 16. The molecule has 0 bridgehead atoms. The number of carbonyl (C=O) groups excluding carboxylic acids is 1. The first-order valence-corrected chi connectivity index (χ1v) is 22.5. The van der Waals surface area contributed by atoms with Crippen molar-refractivity contribution in [2.24, 2.45) is 5.92 Å². The number of aliphatic hydroxyl groups is 1. The molecule has 1 amide bonds.